The van der Waals surface area contributed by atoms with Crippen LogP contribution in [0.5, 0.6) is 0 Å². The molecule has 7 aromatic carbocycles. The molecule has 61 heavy (non-hydrogen) atoms. The van der Waals surface area contributed by atoms with E-state index in [1.54, 1.807) is 0 Å². The van der Waals surface area contributed by atoms with Crippen LogP contribution in [0, 0.1) is 6.92 Å². The van der Waals surface area contributed by atoms with Crippen molar-refractivity contribution in [2.75, 3.05) is 0 Å². The molecular formula is C46H41B10N5. The van der Waals surface area contributed by atoms with Crippen LogP contribution < -0.4 is 54.6 Å². The Bertz CT molecular complexity index is 3360. The molecule has 0 radical (unpaired) electrons. The monoisotopic (exact) mass is 773 g/mol. The smallest absolute Gasteiger partial charge is 0.164 e. The minimum absolute atomic E-state index is 0.676. The van der Waals surface area contributed by atoms with Gasteiger partial charge in [-0.25, -0.2) is 15.0 Å². The van der Waals surface area contributed by atoms with Crippen LogP contribution in [0.25, 0.3) is 89.2 Å². The number of fused-ring (bicyclic) bond motifs is 6. The number of aromatic nitrogens is 5. The Labute approximate surface area is 366 Å². The molecule has 0 spiro atoms. The summed E-state index contributed by atoms with van der Waals surface area (Å²) in [6, 6.07) is 39.8. The van der Waals surface area contributed by atoms with Crippen LogP contribution in [-0.2, 0) is 0 Å². The molecular weight excluding hydrogens is 731 g/mol. The van der Waals surface area contributed by atoms with Gasteiger partial charge in [0.25, 0.3) is 0 Å². The molecule has 0 saturated heterocycles. The molecule has 0 aliphatic heterocycles. The highest BCUT2D eigenvalue weighted by Gasteiger charge is 2.23. The van der Waals surface area contributed by atoms with E-state index in [0.717, 1.165) is 45.3 Å². The molecule has 0 aliphatic carbocycles. The minimum atomic E-state index is 0.676. The van der Waals surface area contributed by atoms with Gasteiger partial charge in [0.2, 0.25) is 0 Å². The van der Waals surface area contributed by atoms with E-state index >= 15 is 0 Å². The lowest BCUT2D eigenvalue weighted by Gasteiger charge is -2.22. The Balaban J connectivity index is 1.21. The number of aryl methyl sites for hydroxylation is 1. The molecule has 5 nitrogen and oxygen atoms in total. The van der Waals surface area contributed by atoms with Gasteiger partial charge in [-0.1, -0.05) is 76.4 Å². The lowest BCUT2D eigenvalue weighted by atomic mass is 9.60. The number of benzene rings is 7. The van der Waals surface area contributed by atoms with Gasteiger partial charge < -0.3 is 9.13 Å². The highest BCUT2D eigenvalue weighted by Crippen LogP contribution is 2.40. The molecule has 0 N–H and O–H groups in total. The molecule has 0 amide bonds. The van der Waals surface area contributed by atoms with Gasteiger partial charge >= 0.3 is 0 Å². The largest absolute Gasteiger partial charge is 0.309 e. The summed E-state index contributed by atoms with van der Waals surface area (Å²) in [7, 11) is 22.1. The van der Waals surface area contributed by atoms with Crippen molar-refractivity contribution in [3.05, 3.63) is 115 Å². The molecule has 0 aliphatic rings. The molecule has 280 valence electrons. The van der Waals surface area contributed by atoms with Gasteiger partial charge in [0.05, 0.1) is 22.1 Å². The van der Waals surface area contributed by atoms with E-state index in [4.69, 9.17) is 15.0 Å². The van der Waals surface area contributed by atoms with Gasteiger partial charge in [-0.3, -0.25) is 0 Å². The zero-order valence-corrected chi connectivity index (χ0v) is 37.1. The van der Waals surface area contributed by atoms with Crippen LogP contribution in [0.3, 0.4) is 0 Å². The Morgan fingerprint density at radius 3 is 1.30 bits per heavy atom. The second kappa shape index (κ2) is 14.5. The van der Waals surface area contributed by atoms with Gasteiger partial charge in [0, 0.05) is 49.6 Å². The van der Waals surface area contributed by atoms with Gasteiger partial charge in [-0.15, -0.1) is 32.8 Å². The molecule has 10 aromatic rings. The average Bonchev–Trinajstić information content (AvgIpc) is 3.77. The highest BCUT2D eigenvalue weighted by atomic mass is 15.0. The normalized spacial score (nSPS) is 11.7. The van der Waals surface area contributed by atoms with Crippen LogP contribution in [0.2, 0.25) is 0 Å². The minimum Gasteiger partial charge on any atom is -0.309 e. The summed E-state index contributed by atoms with van der Waals surface area (Å²) in [5.41, 5.74) is 23.9. The molecule has 0 unspecified atom stereocenters. The van der Waals surface area contributed by atoms with E-state index in [0.29, 0.717) is 5.82 Å². The Hall–Kier alpha value is -6.20. The van der Waals surface area contributed by atoms with Gasteiger partial charge in [0.1, 0.15) is 78.5 Å². The maximum atomic E-state index is 5.36. The molecule has 3 heterocycles. The summed E-state index contributed by atoms with van der Waals surface area (Å²) < 4.78 is 4.84. The predicted molar refractivity (Wildman–Crippen MR) is 291 cm³/mol. The lowest BCUT2D eigenvalue weighted by Crippen LogP contribution is -2.55. The number of rotatable bonds is 5. The average molecular weight is 772 g/mol. The van der Waals surface area contributed by atoms with Gasteiger partial charge in [-0.2, -0.15) is 0 Å². The summed E-state index contributed by atoms with van der Waals surface area (Å²) in [5, 5.41) is 4.96. The van der Waals surface area contributed by atoms with E-state index in [1.807, 2.05) is 0 Å². The van der Waals surface area contributed by atoms with E-state index in [9.17, 15) is 0 Å². The fourth-order valence-electron chi connectivity index (χ4n) is 9.99. The van der Waals surface area contributed by atoms with Crippen LogP contribution in [0.4, 0.5) is 0 Å². The third-order valence-corrected chi connectivity index (χ3v) is 14.3. The summed E-state index contributed by atoms with van der Waals surface area (Å²) in [6.45, 7) is 2.21. The molecule has 0 bridgehead atoms. The van der Waals surface area contributed by atoms with Crippen molar-refractivity contribution in [2.24, 2.45) is 0 Å². The third-order valence-electron chi connectivity index (χ3n) is 14.3. The molecule has 0 fully saturated rings. The van der Waals surface area contributed by atoms with E-state index in [2.05, 4.69) is 204 Å². The first-order chi connectivity index (χ1) is 29.3. The van der Waals surface area contributed by atoms with Crippen molar-refractivity contribution in [2.45, 2.75) is 6.92 Å². The number of hydrogen-bond acceptors (Lipinski definition) is 3. The van der Waals surface area contributed by atoms with Crippen LogP contribution >= 0.6 is 0 Å². The summed E-state index contributed by atoms with van der Waals surface area (Å²) in [6.07, 6.45) is 0. The molecule has 15 heteroatoms. The molecule has 3 aromatic heterocycles. The molecule has 0 atom stereocenters. The molecule has 10 rings (SSSR count). The second-order valence-electron chi connectivity index (χ2n) is 17.2. The van der Waals surface area contributed by atoms with Crippen molar-refractivity contribution in [1.82, 2.24) is 24.1 Å². The van der Waals surface area contributed by atoms with Crippen molar-refractivity contribution < 1.29 is 0 Å². The number of para-hydroxylation sites is 3. The van der Waals surface area contributed by atoms with Gasteiger partial charge in [0.15, 0.2) is 17.5 Å². The van der Waals surface area contributed by atoms with Gasteiger partial charge in [-0.05, 0) is 67.1 Å². The molecule has 0 saturated carbocycles. The van der Waals surface area contributed by atoms with Crippen LogP contribution in [0.1, 0.15) is 5.56 Å². The third kappa shape index (κ3) is 5.87. The number of hydrogen-bond donors (Lipinski definition) is 0. The van der Waals surface area contributed by atoms with Crippen molar-refractivity contribution in [3.63, 3.8) is 0 Å². The topological polar surface area (TPSA) is 48.5 Å². The van der Waals surface area contributed by atoms with Crippen molar-refractivity contribution in [3.8, 4) is 45.5 Å². The van der Waals surface area contributed by atoms with E-state index in [-0.39, 0.29) is 0 Å². The Morgan fingerprint density at radius 1 is 0.361 bits per heavy atom. The predicted octanol–water partition coefficient (Wildman–Crippen LogP) is -6.04. The zero-order chi connectivity index (χ0) is 42.6. The summed E-state index contributed by atoms with van der Waals surface area (Å²) in [5.74, 6) is 2.12. The summed E-state index contributed by atoms with van der Waals surface area (Å²) in [4.78, 5) is 16.1. The first kappa shape index (κ1) is 39.0. The van der Waals surface area contributed by atoms with Crippen molar-refractivity contribution >= 4 is 177 Å². The maximum absolute atomic E-state index is 5.36. The quantitative estimate of drug-likeness (QED) is 0.164. The first-order valence-electron chi connectivity index (χ1n) is 21.4. The van der Waals surface area contributed by atoms with E-state index < -0.39 is 0 Å². The van der Waals surface area contributed by atoms with Crippen LogP contribution in [0.15, 0.2) is 109 Å². The lowest BCUT2D eigenvalue weighted by molar-refractivity contribution is 1.08. The van der Waals surface area contributed by atoms with E-state index in [1.165, 1.54) is 98.2 Å². The Morgan fingerprint density at radius 2 is 0.787 bits per heavy atom. The second-order valence-corrected chi connectivity index (χ2v) is 17.2. The fraction of sp³-hybridized carbons (Fsp3) is 0.0217. The standard InChI is InChI=1S/C46H41B10N5/c1-20-17-21(44-57-45(32-34(47)38(51)42(55)39(52)35(32)48)59-46(58-44)33-36(49)40(53)43(56)41(54)37(33)50)15-16-27(20)61-29-14-8-6-12-24(29)26-18-25-23-11-5-7-13-28(23)60(30(25)19-31(26)61)22-9-3-2-4-10-22/h2-19H,47-56H2,1H3. The maximum Gasteiger partial charge on any atom is 0.164 e. The SMILES string of the molecule is Bc1c(B)c(B)c(-c2nc(-c3ccc(-n4c5ccccc5c5cc6c7ccccc7n(-c7ccccc7)c6cc54)c(C)c3)nc(-c3c(B)c(B)c(B)c(B)c3B)n2)c(B)c1B. The summed E-state index contributed by atoms with van der Waals surface area (Å²) >= 11 is 0. The Kier molecular flexibility index (Phi) is 9.25. The van der Waals surface area contributed by atoms with Crippen LogP contribution in [-0.4, -0.2) is 103 Å². The van der Waals surface area contributed by atoms with Crippen molar-refractivity contribution in [1.29, 1.82) is 0 Å². The highest BCUT2D eigenvalue weighted by molar-refractivity contribution is 6.70. The first-order valence-corrected chi connectivity index (χ1v) is 21.4. The zero-order valence-electron chi connectivity index (χ0n) is 37.1. The number of nitrogens with zero attached hydrogens (tertiary/aromatic N) is 5. The fourth-order valence-corrected chi connectivity index (χ4v) is 9.99.